The summed E-state index contributed by atoms with van der Waals surface area (Å²) >= 11 is 0. The van der Waals surface area contributed by atoms with E-state index in [2.05, 4.69) is 4.99 Å². The molecule has 0 amide bonds. The van der Waals surface area contributed by atoms with Gasteiger partial charge in [0.25, 0.3) is 0 Å². The van der Waals surface area contributed by atoms with Crippen molar-refractivity contribution in [2.24, 2.45) is 4.99 Å². The summed E-state index contributed by atoms with van der Waals surface area (Å²) < 4.78 is 47.3. The molecule has 20 heavy (non-hydrogen) atoms. The number of esters is 1. The molecule has 1 aromatic carbocycles. The van der Waals surface area contributed by atoms with Crippen molar-refractivity contribution < 1.29 is 27.4 Å². The quantitative estimate of drug-likeness (QED) is 0.802. The van der Waals surface area contributed by atoms with Gasteiger partial charge in [-0.1, -0.05) is 0 Å². The molecule has 2 rings (SSSR count). The highest BCUT2D eigenvalue weighted by atomic mass is 19.4. The molecular weight excluding hydrogens is 275 g/mol. The number of rotatable bonds is 3. The number of ether oxygens (including phenoxy) is 2. The minimum Gasteiger partial charge on any atom is -0.475 e. The lowest BCUT2D eigenvalue weighted by molar-refractivity contribution is -0.144. The number of aliphatic imine (C=N–C) groups is 1. The minimum atomic E-state index is -4.38. The van der Waals surface area contributed by atoms with Gasteiger partial charge in [-0.3, -0.25) is 0 Å². The van der Waals surface area contributed by atoms with Crippen molar-refractivity contribution in [1.29, 1.82) is 0 Å². The Morgan fingerprint density at radius 1 is 1.40 bits per heavy atom. The molecule has 0 aliphatic carbocycles. The third-order valence-electron chi connectivity index (χ3n) is 2.67. The topological polar surface area (TPSA) is 47.9 Å². The average Bonchev–Trinajstić information content (AvgIpc) is 2.88. The fourth-order valence-electron chi connectivity index (χ4n) is 1.69. The smallest absolute Gasteiger partial charge is 0.416 e. The second kappa shape index (κ2) is 5.52. The number of benzene rings is 1. The molecule has 0 bridgehead atoms. The molecule has 0 saturated heterocycles. The standard InChI is InChI=1S/C13H12F3NO3/c1-2-19-12(18)10-7-20-11(17-10)8-3-5-9(6-4-8)13(14,15)16/h3-6,10H,2,7H2,1H3. The predicted octanol–water partition coefficient (Wildman–Crippen LogP) is 2.41. The van der Waals surface area contributed by atoms with E-state index in [9.17, 15) is 18.0 Å². The van der Waals surface area contributed by atoms with Crippen LogP contribution in [0.5, 0.6) is 0 Å². The lowest BCUT2D eigenvalue weighted by atomic mass is 10.1. The Labute approximate surface area is 113 Å². The Balaban J connectivity index is 2.13. The summed E-state index contributed by atoms with van der Waals surface area (Å²) in [4.78, 5) is 15.5. The van der Waals surface area contributed by atoms with E-state index >= 15 is 0 Å². The first-order valence-electron chi connectivity index (χ1n) is 5.96. The molecule has 1 unspecified atom stereocenters. The first kappa shape index (κ1) is 14.4. The van der Waals surface area contributed by atoms with E-state index in [0.29, 0.717) is 5.56 Å². The van der Waals surface area contributed by atoms with Crippen LogP contribution in [0.4, 0.5) is 13.2 Å². The lowest BCUT2D eigenvalue weighted by Gasteiger charge is -2.07. The van der Waals surface area contributed by atoms with Gasteiger partial charge in [0, 0.05) is 5.56 Å². The molecule has 1 heterocycles. The fourth-order valence-corrected chi connectivity index (χ4v) is 1.69. The molecule has 0 radical (unpaired) electrons. The van der Waals surface area contributed by atoms with Crippen LogP contribution in [-0.2, 0) is 20.4 Å². The predicted molar refractivity (Wildman–Crippen MR) is 64.4 cm³/mol. The molecule has 0 N–H and O–H groups in total. The average molecular weight is 287 g/mol. The van der Waals surface area contributed by atoms with Crippen LogP contribution >= 0.6 is 0 Å². The first-order chi connectivity index (χ1) is 9.41. The SMILES string of the molecule is CCOC(=O)C1COC(c2ccc(C(F)(F)F)cc2)=N1. The van der Waals surface area contributed by atoms with Gasteiger partial charge in [-0.15, -0.1) is 0 Å². The zero-order chi connectivity index (χ0) is 14.8. The third-order valence-corrected chi connectivity index (χ3v) is 2.67. The van der Waals surface area contributed by atoms with Gasteiger partial charge in [-0.2, -0.15) is 13.2 Å². The largest absolute Gasteiger partial charge is 0.475 e. The molecule has 0 saturated carbocycles. The van der Waals surface area contributed by atoms with Gasteiger partial charge in [-0.05, 0) is 31.2 Å². The number of nitrogens with zero attached hydrogens (tertiary/aromatic N) is 1. The highest BCUT2D eigenvalue weighted by Gasteiger charge is 2.31. The Bertz CT molecular complexity index is 523. The summed E-state index contributed by atoms with van der Waals surface area (Å²) in [6.07, 6.45) is -4.38. The van der Waals surface area contributed by atoms with Crippen molar-refractivity contribution in [2.45, 2.75) is 19.1 Å². The van der Waals surface area contributed by atoms with E-state index in [-0.39, 0.29) is 19.1 Å². The molecular formula is C13H12F3NO3. The van der Waals surface area contributed by atoms with Crippen molar-refractivity contribution >= 4 is 11.9 Å². The van der Waals surface area contributed by atoms with E-state index < -0.39 is 23.8 Å². The van der Waals surface area contributed by atoms with Crippen LogP contribution in [0.3, 0.4) is 0 Å². The normalized spacial score (nSPS) is 18.4. The van der Waals surface area contributed by atoms with Crippen molar-refractivity contribution in [2.75, 3.05) is 13.2 Å². The monoisotopic (exact) mass is 287 g/mol. The van der Waals surface area contributed by atoms with Crippen LogP contribution in [-0.4, -0.2) is 31.1 Å². The molecule has 7 heteroatoms. The summed E-state index contributed by atoms with van der Waals surface area (Å²) in [5.74, 6) is -0.355. The van der Waals surface area contributed by atoms with Crippen LogP contribution in [0.2, 0.25) is 0 Å². The molecule has 0 fully saturated rings. The highest BCUT2D eigenvalue weighted by Crippen LogP contribution is 2.29. The van der Waals surface area contributed by atoms with Crippen LogP contribution in [0.25, 0.3) is 0 Å². The second-order valence-electron chi connectivity index (χ2n) is 4.09. The summed E-state index contributed by atoms with van der Waals surface area (Å²) in [5, 5.41) is 0. The van der Waals surface area contributed by atoms with E-state index in [1.165, 1.54) is 12.1 Å². The van der Waals surface area contributed by atoms with Crippen LogP contribution < -0.4 is 0 Å². The zero-order valence-corrected chi connectivity index (χ0v) is 10.6. The molecule has 108 valence electrons. The maximum absolute atomic E-state index is 12.4. The van der Waals surface area contributed by atoms with Gasteiger partial charge in [-0.25, -0.2) is 9.79 Å². The number of halogens is 3. The molecule has 4 nitrogen and oxygen atoms in total. The Morgan fingerprint density at radius 3 is 2.60 bits per heavy atom. The maximum atomic E-state index is 12.4. The highest BCUT2D eigenvalue weighted by molar-refractivity contribution is 5.97. The van der Waals surface area contributed by atoms with Gasteiger partial charge >= 0.3 is 12.1 Å². The van der Waals surface area contributed by atoms with E-state index in [1.807, 2.05) is 0 Å². The van der Waals surface area contributed by atoms with Crippen LogP contribution in [0, 0.1) is 0 Å². The third kappa shape index (κ3) is 3.09. The molecule has 0 spiro atoms. The zero-order valence-electron chi connectivity index (χ0n) is 10.6. The van der Waals surface area contributed by atoms with Crippen molar-refractivity contribution in [3.63, 3.8) is 0 Å². The Kier molecular flexibility index (Phi) is 3.96. The number of carbonyl (C=O) groups excluding carboxylic acids is 1. The summed E-state index contributed by atoms with van der Waals surface area (Å²) in [6, 6.07) is 3.65. The van der Waals surface area contributed by atoms with Gasteiger partial charge in [0.2, 0.25) is 5.90 Å². The van der Waals surface area contributed by atoms with E-state index in [4.69, 9.17) is 9.47 Å². The first-order valence-corrected chi connectivity index (χ1v) is 5.96. The van der Waals surface area contributed by atoms with Gasteiger partial charge in [0.1, 0.15) is 6.61 Å². The second-order valence-corrected chi connectivity index (χ2v) is 4.09. The summed E-state index contributed by atoms with van der Waals surface area (Å²) in [5.41, 5.74) is -0.355. The Morgan fingerprint density at radius 2 is 2.05 bits per heavy atom. The lowest BCUT2D eigenvalue weighted by Crippen LogP contribution is -2.22. The van der Waals surface area contributed by atoms with Crippen LogP contribution in [0.15, 0.2) is 29.3 Å². The number of hydrogen-bond acceptors (Lipinski definition) is 4. The summed E-state index contributed by atoms with van der Waals surface area (Å²) in [6.45, 7) is 1.95. The fraction of sp³-hybridized carbons (Fsp3) is 0.385. The van der Waals surface area contributed by atoms with E-state index in [1.54, 1.807) is 6.92 Å². The van der Waals surface area contributed by atoms with Gasteiger partial charge < -0.3 is 9.47 Å². The number of alkyl halides is 3. The van der Waals surface area contributed by atoms with Crippen LogP contribution in [0.1, 0.15) is 18.1 Å². The molecule has 1 aliphatic rings. The van der Waals surface area contributed by atoms with Gasteiger partial charge in [0.15, 0.2) is 6.04 Å². The molecule has 1 aromatic rings. The molecule has 1 atom stereocenters. The van der Waals surface area contributed by atoms with Crippen molar-refractivity contribution in [1.82, 2.24) is 0 Å². The molecule has 1 aliphatic heterocycles. The number of carbonyl (C=O) groups is 1. The van der Waals surface area contributed by atoms with Crippen molar-refractivity contribution in [3.05, 3.63) is 35.4 Å². The molecule has 0 aromatic heterocycles. The van der Waals surface area contributed by atoms with Crippen molar-refractivity contribution in [3.8, 4) is 0 Å². The van der Waals surface area contributed by atoms with Gasteiger partial charge in [0.05, 0.1) is 12.2 Å². The number of hydrogen-bond donors (Lipinski definition) is 0. The minimum absolute atomic E-state index is 0.0369. The van der Waals surface area contributed by atoms with E-state index in [0.717, 1.165) is 12.1 Å². The Hall–Kier alpha value is -2.05. The summed E-state index contributed by atoms with van der Waals surface area (Å²) in [7, 11) is 0. The maximum Gasteiger partial charge on any atom is 0.416 e.